The van der Waals surface area contributed by atoms with Crippen LogP contribution >= 0.6 is 0 Å². The van der Waals surface area contributed by atoms with E-state index in [1.54, 1.807) is 6.92 Å². The molecule has 0 aromatic heterocycles. The van der Waals surface area contributed by atoms with Gasteiger partial charge in [0.25, 0.3) is 0 Å². The van der Waals surface area contributed by atoms with Gasteiger partial charge in [0, 0.05) is 7.11 Å². The topological polar surface area (TPSA) is 85.2 Å². The van der Waals surface area contributed by atoms with Crippen LogP contribution in [-0.2, 0) is 19.0 Å². The number of rotatable bonds is 20. The van der Waals surface area contributed by atoms with Gasteiger partial charge in [-0.15, -0.1) is 0 Å². The van der Waals surface area contributed by atoms with Crippen LogP contribution in [0, 0.1) is 0 Å². The van der Waals surface area contributed by atoms with E-state index in [9.17, 15) is 15.0 Å². The maximum absolute atomic E-state index is 11.6. The van der Waals surface area contributed by atoms with Crippen LogP contribution in [0.4, 0.5) is 0 Å². The second kappa shape index (κ2) is 19.6. The summed E-state index contributed by atoms with van der Waals surface area (Å²) >= 11 is 0. The van der Waals surface area contributed by atoms with Crippen molar-refractivity contribution in [1.29, 1.82) is 0 Å². The fourth-order valence-corrected chi connectivity index (χ4v) is 3.27. The first-order chi connectivity index (χ1) is 13.6. The van der Waals surface area contributed by atoms with E-state index in [4.69, 9.17) is 14.2 Å². The number of aliphatic hydroxyl groups excluding tert-OH is 2. The average molecular weight is 405 g/mol. The Labute approximate surface area is 171 Å². The van der Waals surface area contributed by atoms with Crippen molar-refractivity contribution in [2.75, 3.05) is 20.5 Å². The van der Waals surface area contributed by atoms with Gasteiger partial charge in [-0.1, -0.05) is 84.0 Å². The molecule has 0 radical (unpaired) electrons. The Morgan fingerprint density at radius 3 is 1.79 bits per heavy atom. The molecule has 0 aliphatic heterocycles. The van der Waals surface area contributed by atoms with E-state index in [-0.39, 0.29) is 13.4 Å². The fourth-order valence-electron chi connectivity index (χ4n) is 3.27. The molecule has 0 rings (SSSR count). The highest BCUT2D eigenvalue weighted by Crippen LogP contribution is 2.17. The van der Waals surface area contributed by atoms with Crippen LogP contribution in [-0.4, -0.2) is 55.0 Å². The lowest BCUT2D eigenvalue weighted by atomic mass is 10.00. The molecule has 0 bridgehead atoms. The third-order valence-electron chi connectivity index (χ3n) is 4.97. The van der Waals surface area contributed by atoms with Crippen molar-refractivity contribution in [3.63, 3.8) is 0 Å². The van der Waals surface area contributed by atoms with Crippen LogP contribution in [0.15, 0.2) is 0 Å². The summed E-state index contributed by atoms with van der Waals surface area (Å²) in [6.45, 7) is 4.07. The zero-order valence-corrected chi connectivity index (χ0v) is 18.4. The van der Waals surface area contributed by atoms with Crippen LogP contribution < -0.4 is 0 Å². The predicted molar refractivity (Wildman–Crippen MR) is 111 cm³/mol. The van der Waals surface area contributed by atoms with Crippen LogP contribution in [0.3, 0.4) is 0 Å². The number of unbranched alkanes of at least 4 members (excludes halogenated alkanes) is 11. The Kier molecular flexibility index (Phi) is 19.1. The molecule has 168 valence electrons. The molecule has 0 amide bonds. The zero-order valence-electron chi connectivity index (χ0n) is 18.4. The minimum absolute atomic E-state index is 0.00945. The summed E-state index contributed by atoms with van der Waals surface area (Å²) in [6.07, 6.45) is 12.0. The molecular weight excluding hydrogens is 360 g/mol. The summed E-state index contributed by atoms with van der Waals surface area (Å²) in [7, 11) is 1.50. The minimum Gasteiger partial charge on any atom is -0.464 e. The molecule has 0 saturated carbocycles. The molecule has 6 nitrogen and oxygen atoms in total. The summed E-state index contributed by atoms with van der Waals surface area (Å²) < 4.78 is 15.1. The van der Waals surface area contributed by atoms with Gasteiger partial charge >= 0.3 is 5.97 Å². The summed E-state index contributed by atoms with van der Waals surface area (Å²) in [4.78, 5) is 11.6. The van der Waals surface area contributed by atoms with Crippen LogP contribution in [0.5, 0.6) is 0 Å². The lowest BCUT2D eigenvalue weighted by Gasteiger charge is -2.25. The number of carbonyl (C=O) groups is 1. The average Bonchev–Trinajstić information content (AvgIpc) is 2.70. The van der Waals surface area contributed by atoms with Gasteiger partial charge in [-0.05, 0) is 13.3 Å². The number of hydrogen-bond acceptors (Lipinski definition) is 6. The first-order valence-electron chi connectivity index (χ1n) is 11.2. The van der Waals surface area contributed by atoms with Crippen LogP contribution in [0.2, 0.25) is 0 Å². The van der Waals surface area contributed by atoms with E-state index in [0.29, 0.717) is 6.42 Å². The Hall–Kier alpha value is -0.690. The zero-order chi connectivity index (χ0) is 21.0. The quantitative estimate of drug-likeness (QED) is 0.178. The molecule has 0 unspecified atom stereocenters. The number of carbonyl (C=O) groups excluding carboxylic acids is 1. The van der Waals surface area contributed by atoms with E-state index in [2.05, 4.69) is 6.92 Å². The highest BCUT2D eigenvalue weighted by Gasteiger charge is 2.32. The van der Waals surface area contributed by atoms with Gasteiger partial charge in [-0.3, -0.25) is 0 Å². The van der Waals surface area contributed by atoms with Gasteiger partial charge in [0.2, 0.25) is 0 Å². The minimum atomic E-state index is -1.60. The van der Waals surface area contributed by atoms with Crippen molar-refractivity contribution in [3.8, 4) is 0 Å². The molecule has 0 spiro atoms. The maximum Gasteiger partial charge on any atom is 0.337 e. The molecule has 6 heteroatoms. The Balaban J connectivity index is 3.90. The van der Waals surface area contributed by atoms with Crippen molar-refractivity contribution in [1.82, 2.24) is 0 Å². The van der Waals surface area contributed by atoms with Gasteiger partial charge in [0.05, 0.1) is 12.7 Å². The maximum atomic E-state index is 11.6. The van der Waals surface area contributed by atoms with Crippen LogP contribution in [0.1, 0.15) is 97.3 Å². The second-order valence-corrected chi connectivity index (χ2v) is 7.48. The third kappa shape index (κ3) is 14.3. The Bertz CT molecular complexity index is 350. The lowest BCUT2D eigenvalue weighted by molar-refractivity contribution is -0.174. The van der Waals surface area contributed by atoms with Gasteiger partial charge < -0.3 is 24.4 Å². The molecule has 28 heavy (non-hydrogen) atoms. The summed E-state index contributed by atoms with van der Waals surface area (Å²) in [5.74, 6) is -0.823. The molecule has 0 aromatic rings. The van der Waals surface area contributed by atoms with E-state index < -0.39 is 24.3 Å². The normalized spacial score (nSPS) is 14.6. The standard InChI is InChI=1S/C22H44O6/c1-4-6-7-8-9-10-11-12-13-14-15-16-17-19(28-18-26-3)20(23)21(24)22(25)27-5-2/h19-21,23-24H,4-18H2,1-3H3/t19-,20-,21+/m1/s1. The number of ether oxygens (including phenoxy) is 3. The molecule has 0 aliphatic rings. The van der Waals surface area contributed by atoms with Crippen molar-refractivity contribution in [3.05, 3.63) is 0 Å². The first-order valence-corrected chi connectivity index (χ1v) is 11.2. The van der Waals surface area contributed by atoms with Crippen molar-refractivity contribution in [2.24, 2.45) is 0 Å². The Morgan fingerprint density at radius 2 is 1.32 bits per heavy atom. The monoisotopic (exact) mass is 404 g/mol. The highest BCUT2D eigenvalue weighted by atomic mass is 16.7. The van der Waals surface area contributed by atoms with E-state index in [1.165, 1.54) is 64.9 Å². The number of esters is 1. The smallest absolute Gasteiger partial charge is 0.337 e. The largest absolute Gasteiger partial charge is 0.464 e. The molecule has 0 saturated heterocycles. The molecule has 0 fully saturated rings. The highest BCUT2D eigenvalue weighted by molar-refractivity contribution is 5.75. The third-order valence-corrected chi connectivity index (χ3v) is 4.97. The summed E-state index contributed by atoms with van der Waals surface area (Å²) in [5, 5.41) is 20.2. The number of hydrogen-bond donors (Lipinski definition) is 2. The van der Waals surface area contributed by atoms with Gasteiger partial charge in [-0.2, -0.15) is 0 Å². The van der Waals surface area contributed by atoms with Crippen molar-refractivity contribution < 1.29 is 29.2 Å². The summed E-state index contributed by atoms with van der Waals surface area (Å²) in [5.41, 5.74) is 0. The van der Waals surface area contributed by atoms with E-state index in [0.717, 1.165) is 19.3 Å². The first kappa shape index (κ1) is 27.3. The molecule has 2 N–H and O–H groups in total. The number of aliphatic hydroxyl groups is 2. The summed E-state index contributed by atoms with van der Waals surface area (Å²) in [6, 6.07) is 0. The molecule has 0 aromatic carbocycles. The molecule has 3 atom stereocenters. The van der Waals surface area contributed by atoms with Crippen molar-refractivity contribution >= 4 is 5.97 Å². The van der Waals surface area contributed by atoms with Gasteiger partial charge in [-0.25, -0.2) is 4.79 Å². The van der Waals surface area contributed by atoms with Crippen LogP contribution in [0.25, 0.3) is 0 Å². The molecule has 0 aliphatic carbocycles. The molecule has 0 heterocycles. The lowest BCUT2D eigenvalue weighted by Crippen LogP contribution is -2.44. The second-order valence-electron chi connectivity index (χ2n) is 7.48. The fraction of sp³-hybridized carbons (Fsp3) is 0.955. The van der Waals surface area contributed by atoms with E-state index in [1.807, 2.05) is 0 Å². The molecular formula is C22H44O6. The predicted octanol–water partition coefficient (Wildman–Crippen LogP) is 4.35. The van der Waals surface area contributed by atoms with E-state index >= 15 is 0 Å². The van der Waals surface area contributed by atoms with Gasteiger partial charge in [0.15, 0.2) is 6.10 Å². The van der Waals surface area contributed by atoms with Gasteiger partial charge in [0.1, 0.15) is 12.9 Å². The van der Waals surface area contributed by atoms with Crippen molar-refractivity contribution in [2.45, 2.75) is 116 Å². The Morgan fingerprint density at radius 1 is 0.821 bits per heavy atom. The SMILES string of the molecule is CCCCCCCCCCCCCC[C@@H](OCOC)[C@@H](O)[C@H](O)C(=O)OCC. The number of methoxy groups -OCH3 is 1.